The molecular formula is C20H33IN4O2. The summed E-state index contributed by atoms with van der Waals surface area (Å²) < 4.78 is 11.7. The molecule has 0 radical (unpaired) electrons. The number of guanidine groups is 1. The summed E-state index contributed by atoms with van der Waals surface area (Å²) in [5.41, 5.74) is 1.29. The molecule has 3 atom stereocenters. The van der Waals surface area contributed by atoms with Gasteiger partial charge in [0.05, 0.1) is 18.8 Å². The quantitative estimate of drug-likeness (QED) is 0.279. The van der Waals surface area contributed by atoms with E-state index in [0.717, 1.165) is 57.3 Å². The molecule has 6 nitrogen and oxygen atoms in total. The standard InChI is InChI=1S/C20H32N4O2.HI/c1-15-13-24(14-16(2)25-15)10-6-9-22-20(21-3)23-12-18-11-17-7-4-5-8-19(17)26-18;/h4-5,7-8,15-16,18H,6,9-14H2,1-3H3,(H2,21,22,23);1H. The molecule has 2 heterocycles. The van der Waals surface area contributed by atoms with Crippen LogP contribution in [0.3, 0.4) is 0 Å². The molecule has 1 aromatic rings. The summed E-state index contributed by atoms with van der Waals surface area (Å²) >= 11 is 0. The van der Waals surface area contributed by atoms with E-state index >= 15 is 0 Å². The van der Waals surface area contributed by atoms with Gasteiger partial charge in [-0.3, -0.25) is 9.89 Å². The van der Waals surface area contributed by atoms with Crippen molar-refractivity contribution in [1.82, 2.24) is 15.5 Å². The molecule has 0 aromatic heterocycles. The maximum Gasteiger partial charge on any atom is 0.191 e. The van der Waals surface area contributed by atoms with Gasteiger partial charge in [0.1, 0.15) is 11.9 Å². The highest BCUT2D eigenvalue weighted by molar-refractivity contribution is 14.0. The molecule has 1 saturated heterocycles. The van der Waals surface area contributed by atoms with E-state index in [0.29, 0.717) is 12.2 Å². The number of rotatable bonds is 6. The Bertz CT molecular complexity index is 578. The Labute approximate surface area is 180 Å². The molecule has 3 rings (SSSR count). The van der Waals surface area contributed by atoms with Crippen LogP contribution in [0, 0.1) is 0 Å². The lowest BCUT2D eigenvalue weighted by atomic mass is 10.1. The fraction of sp³-hybridized carbons (Fsp3) is 0.650. The number of fused-ring (bicyclic) bond motifs is 1. The van der Waals surface area contributed by atoms with Gasteiger partial charge in [0, 0.05) is 39.6 Å². The Balaban J connectivity index is 0.00000261. The van der Waals surface area contributed by atoms with E-state index in [1.165, 1.54) is 5.56 Å². The zero-order valence-corrected chi connectivity index (χ0v) is 18.9. The van der Waals surface area contributed by atoms with Crippen molar-refractivity contribution in [2.24, 2.45) is 4.99 Å². The number of nitrogens with zero attached hydrogens (tertiary/aromatic N) is 2. The van der Waals surface area contributed by atoms with Gasteiger partial charge in [-0.15, -0.1) is 24.0 Å². The van der Waals surface area contributed by atoms with Crippen LogP contribution in [0.4, 0.5) is 0 Å². The van der Waals surface area contributed by atoms with Crippen molar-refractivity contribution in [3.8, 4) is 5.75 Å². The number of halogens is 1. The number of ether oxygens (including phenoxy) is 2. The molecule has 2 aliphatic heterocycles. The second-order valence-corrected chi connectivity index (χ2v) is 7.30. The SMILES string of the molecule is CN=C(NCCCN1CC(C)OC(C)C1)NCC1Cc2ccccc2O1.I. The maximum atomic E-state index is 5.96. The predicted octanol–water partition coefficient (Wildman–Crippen LogP) is 2.27. The topological polar surface area (TPSA) is 58.1 Å². The lowest BCUT2D eigenvalue weighted by Gasteiger charge is -2.35. The highest BCUT2D eigenvalue weighted by Gasteiger charge is 2.23. The maximum absolute atomic E-state index is 5.96. The normalized spacial score (nSPS) is 25.3. The molecular weight excluding hydrogens is 455 g/mol. The van der Waals surface area contributed by atoms with Gasteiger partial charge in [-0.25, -0.2) is 0 Å². The fourth-order valence-electron chi connectivity index (χ4n) is 3.78. The minimum Gasteiger partial charge on any atom is -0.488 e. The Morgan fingerprint density at radius 3 is 2.63 bits per heavy atom. The first-order chi connectivity index (χ1) is 12.6. The third-order valence-electron chi connectivity index (χ3n) is 4.87. The average molecular weight is 488 g/mol. The number of hydrogen-bond acceptors (Lipinski definition) is 4. The summed E-state index contributed by atoms with van der Waals surface area (Å²) in [7, 11) is 1.81. The monoisotopic (exact) mass is 488 g/mol. The van der Waals surface area contributed by atoms with Gasteiger partial charge < -0.3 is 20.1 Å². The van der Waals surface area contributed by atoms with E-state index in [2.05, 4.69) is 46.5 Å². The third kappa shape index (κ3) is 6.80. The van der Waals surface area contributed by atoms with Crippen molar-refractivity contribution in [2.75, 3.05) is 39.8 Å². The van der Waals surface area contributed by atoms with Crippen LogP contribution in [0.5, 0.6) is 5.75 Å². The first kappa shape index (κ1) is 22.2. The summed E-state index contributed by atoms with van der Waals surface area (Å²) in [5.74, 6) is 1.85. The Morgan fingerprint density at radius 1 is 1.19 bits per heavy atom. The fourth-order valence-corrected chi connectivity index (χ4v) is 3.78. The molecule has 1 fully saturated rings. The van der Waals surface area contributed by atoms with Gasteiger partial charge in [-0.05, 0) is 31.9 Å². The van der Waals surface area contributed by atoms with Crippen LogP contribution in [0.25, 0.3) is 0 Å². The highest BCUT2D eigenvalue weighted by atomic mass is 127. The molecule has 0 saturated carbocycles. The number of aliphatic imine (C=N–C) groups is 1. The van der Waals surface area contributed by atoms with E-state index in [4.69, 9.17) is 9.47 Å². The van der Waals surface area contributed by atoms with Crippen LogP contribution in [-0.2, 0) is 11.2 Å². The van der Waals surface area contributed by atoms with Crippen molar-refractivity contribution in [3.63, 3.8) is 0 Å². The zero-order chi connectivity index (χ0) is 18.4. The largest absolute Gasteiger partial charge is 0.488 e. The van der Waals surface area contributed by atoms with E-state index < -0.39 is 0 Å². The minimum absolute atomic E-state index is 0. The van der Waals surface area contributed by atoms with Crippen molar-refractivity contribution < 1.29 is 9.47 Å². The lowest BCUT2D eigenvalue weighted by Crippen LogP contribution is -2.46. The van der Waals surface area contributed by atoms with Crippen molar-refractivity contribution >= 4 is 29.9 Å². The molecule has 2 aliphatic rings. The molecule has 152 valence electrons. The van der Waals surface area contributed by atoms with Crippen molar-refractivity contribution in [1.29, 1.82) is 0 Å². The Kier molecular flexibility index (Phi) is 9.11. The van der Waals surface area contributed by atoms with Crippen LogP contribution in [0.1, 0.15) is 25.8 Å². The van der Waals surface area contributed by atoms with Gasteiger partial charge >= 0.3 is 0 Å². The van der Waals surface area contributed by atoms with Crippen LogP contribution >= 0.6 is 24.0 Å². The van der Waals surface area contributed by atoms with E-state index in [1.54, 1.807) is 0 Å². The second kappa shape index (κ2) is 11.1. The van der Waals surface area contributed by atoms with Crippen LogP contribution < -0.4 is 15.4 Å². The first-order valence-electron chi connectivity index (χ1n) is 9.71. The van der Waals surface area contributed by atoms with E-state index in [9.17, 15) is 0 Å². The summed E-state index contributed by atoms with van der Waals surface area (Å²) in [5, 5.41) is 6.78. The molecule has 2 N–H and O–H groups in total. The summed E-state index contributed by atoms with van der Waals surface area (Å²) in [6.45, 7) is 9.10. The van der Waals surface area contributed by atoms with Gasteiger partial charge in [0.25, 0.3) is 0 Å². The Morgan fingerprint density at radius 2 is 1.93 bits per heavy atom. The molecule has 27 heavy (non-hydrogen) atoms. The number of hydrogen-bond donors (Lipinski definition) is 2. The van der Waals surface area contributed by atoms with Crippen LogP contribution in [-0.4, -0.2) is 68.9 Å². The van der Waals surface area contributed by atoms with Gasteiger partial charge in [-0.2, -0.15) is 0 Å². The molecule has 3 unspecified atom stereocenters. The van der Waals surface area contributed by atoms with Gasteiger partial charge in [0.15, 0.2) is 5.96 Å². The van der Waals surface area contributed by atoms with E-state index in [1.807, 2.05) is 19.2 Å². The van der Waals surface area contributed by atoms with Crippen molar-refractivity contribution in [2.45, 2.75) is 45.0 Å². The number of morpholine rings is 1. The van der Waals surface area contributed by atoms with Gasteiger partial charge in [-0.1, -0.05) is 18.2 Å². The molecule has 0 amide bonds. The highest BCUT2D eigenvalue weighted by Crippen LogP contribution is 2.27. The second-order valence-electron chi connectivity index (χ2n) is 7.30. The first-order valence-corrected chi connectivity index (χ1v) is 9.71. The summed E-state index contributed by atoms with van der Waals surface area (Å²) in [6.07, 6.45) is 2.87. The lowest BCUT2D eigenvalue weighted by molar-refractivity contribution is -0.0679. The average Bonchev–Trinajstić information content (AvgIpc) is 3.03. The van der Waals surface area contributed by atoms with Crippen LogP contribution in [0.2, 0.25) is 0 Å². The summed E-state index contributed by atoms with van der Waals surface area (Å²) in [4.78, 5) is 6.80. The number of para-hydroxylation sites is 1. The molecule has 0 aliphatic carbocycles. The minimum atomic E-state index is 0. The number of nitrogens with one attached hydrogen (secondary N) is 2. The van der Waals surface area contributed by atoms with E-state index in [-0.39, 0.29) is 30.1 Å². The zero-order valence-electron chi connectivity index (χ0n) is 16.6. The Hall–Kier alpha value is -1.06. The molecule has 1 aromatic carbocycles. The smallest absolute Gasteiger partial charge is 0.191 e. The van der Waals surface area contributed by atoms with Crippen LogP contribution in [0.15, 0.2) is 29.3 Å². The number of benzene rings is 1. The molecule has 7 heteroatoms. The van der Waals surface area contributed by atoms with Crippen molar-refractivity contribution in [3.05, 3.63) is 29.8 Å². The summed E-state index contributed by atoms with van der Waals surface area (Å²) in [6, 6.07) is 8.26. The third-order valence-corrected chi connectivity index (χ3v) is 4.87. The molecule has 0 bridgehead atoms. The predicted molar refractivity (Wildman–Crippen MR) is 120 cm³/mol. The van der Waals surface area contributed by atoms with Gasteiger partial charge in [0.2, 0.25) is 0 Å². The molecule has 0 spiro atoms.